The van der Waals surface area contributed by atoms with Crippen molar-refractivity contribution in [3.63, 3.8) is 0 Å². The predicted molar refractivity (Wildman–Crippen MR) is 83.5 cm³/mol. The lowest BCUT2D eigenvalue weighted by Crippen LogP contribution is -2.11. The van der Waals surface area contributed by atoms with Crippen LogP contribution >= 0.6 is 12.2 Å². The standard InChI is InChI=1S/C16H20N2OS/c1-10(2)13-11(3)17-15(18-16(13)20)14(19-4)12-8-6-5-7-9-12/h5-10,14H,1-4H3,(H,17,18,20). The average molecular weight is 288 g/mol. The van der Waals surface area contributed by atoms with Crippen LogP contribution in [0.1, 0.15) is 48.5 Å². The van der Waals surface area contributed by atoms with E-state index in [1.165, 1.54) is 0 Å². The number of rotatable bonds is 4. The smallest absolute Gasteiger partial charge is 0.141 e. The molecule has 1 unspecified atom stereocenters. The lowest BCUT2D eigenvalue weighted by Gasteiger charge is -2.18. The molecule has 0 saturated heterocycles. The molecule has 106 valence electrons. The highest BCUT2D eigenvalue weighted by molar-refractivity contribution is 7.71. The van der Waals surface area contributed by atoms with Gasteiger partial charge in [-0.25, -0.2) is 4.98 Å². The van der Waals surface area contributed by atoms with Gasteiger partial charge in [0, 0.05) is 18.4 Å². The maximum Gasteiger partial charge on any atom is 0.141 e. The lowest BCUT2D eigenvalue weighted by atomic mass is 10.0. The van der Waals surface area contributed by atoms with Crippen LogP contribution in [0.25, 0.3) is 0 Å². The van der Waals surface area contributed by atoms with E-state index in [9.17, 15) is 0 Å². The average Bonchev–Trinajstić information content (AvgIpc) is 2.39. The minimum Gasteiger partial charge on any atom is -0.369 e. The number of H-pyrrole nitrogens is 1. The zero-order valence-corrected chi connectivity index (χ0v) is 13.1. The fraction of sp³-hybridized carbons (Fsp3) is 0.375. The van der Waals surface area contributed by atoms with Crippen molar-refractivity contribution in [2.45, 2.75) is 32.8 Å². The molecule has 4 heteroatoms. The van der Waals surface area contributed by atoms with Gasteiger partial charge in [-0.15, -0.1) is 0 Å². The summed E-state index contributed by atoms with van der Waals surface area (Å²) in [6.45, 7) is 6.28. The molecule has 0 bridgehead atoms. The summed E-state index contributed by atoms with van der Waals surface area (Å²) in [5.74, 6) is 1.11. The summed E-state index contributed by atoms with van der Waals surface area (Å²) in [6, 6.07) is 10.0. The van der Waals surface area contributed by atoms with Gasteiger partial charge in [0.05, 0.1) is 0 Å². The summed E-state index contributed by atoms with van der Waals surface area (Å²) in [5.41, 5.74) is 3.23. The minimum absolute atomic E-state index is 0.224. The molecule has 0 saturated carbocycles. The van der Waals surface area contributed by atoms with Gasteiger partial charge in [0.1, 0.15) is 16.6 Å². The second-order valence-corrected chi connectivity index (χ2v) is 5.53. The van der Waals surface area contributed by atoms with Crippen LogP contribution < -0.4 is 0 Å². The van der Waals surface area contributed by atoms with Crippen molar-refractivity contribution in [2.75, 3.05) is 7.11 Å². The topological polar surface area (TPSA) is 37.9 Å². The van der Waals surface area contributed by atoms with E-state index in [1.54, 1.807) is 7.11 Å². The first-order chi connectivity index (χ1) is 9.54. The zero-order valence-electron chi connectivity index (χ0n) is 12.3. The van der Waals surface area contributed by atoms with Gasteiger partial charge in [0.15, 0.2) is 0 Å². The maximum atomic E-state index is 5.59. The molecule has 2 aromatic rings. The van der Waals surface area contributed by atoms with Crippen molar-refractivity contribution in [2.24, 2.45) is 0 Å². The third-order valence-electron chi connectivity index (χ3n) is 3.34. The Kier molecular flexibility index (Phi) is 4.68. The Morgan fingerprint density at radius 3 is 2.35 bits per heavy atom. The van der Waals surface area contributed by atoms with Crippen LogP contribution in [0, 0.1) is 11.6 Å². The molecule has 1 atom stereocenters. The molecule has 0 spiro atoms. The number of hydrogen-bond acceptors (Lipinski definition) is 3. The van der Waals surface area contributed by atoms with Crippen LogP contribution in [-0.4, -0.2) is 17.1 Å². The van der Waals surface area contributed by atoms with Crippen LogP contribution in [-0.2, 0) is 4.74 Å². The van der Waals surface area contributed by atoms with E-state index in [2.05, 4.69) is 23.8 Å². The van der Waals surface area contributed by atoms with Crippen molar-refractivity contribution in [3.8, 4) is 0 Å². The van der Waals surface area contributed by atoms with Gasteiger partial charge >= 0.3 is 0 Å². The number of aryl methyl sites for hydroxylation is 1. The quantitative estimate of drug-likeness (QED) is 0.852. The second kappa shape index (κ2) is 6.29. The first-order valence-electron chi connectivity index (χ1n) is 6.73. The minimum atomic E-state index is -0.224. The van der Waals surface area contributed by atoms with Crippen molar-refractivity contribution < 1.29 is 4.74 Å². The Morgan fingerprint density at radius 2 is 1.85 bits per heavy atom. The third kappa shape index (κ3) is 2.97. The zero-order chi connectivity index (χ0) is 14.7. The number of benzene rings is 1. The fourth-order valence-electron chi connectivity index (χ4n) is 2.45. The first kappa shape index (κ1) is 14.9. The molecule has 0 aliphatic carbocycles. The van der Waals surface area contributed by atoms with Gasteiger partial charge in [-0.1, -0.05) is 56.4 Å². The van der Waals surface area contributed by atoms with Crippen molar-refractivity contribution in [1.82, 2.24) is 9.97 Å². The summed E-state index contributed by atoms with van der Waals surface area (Å²) in [6.07, 6.45) is -0.224. The predicted octanol–water partition coefficient (Wildman–Crippen LogP) is 4.31. The highest BCUT2D eigenvalue weighted by Crippen LogP contribution is 2.25. The summed E-state index contributed by atoms with van der Waals surface area (Å²) < 4.78 is 6.25. The number of ether oxygens (including phenoxy) is 1. The summed E-state index contributed by atoms with van der Waals surface area (Å²) in [7, 11) is 1.68. The molecule has 0 amide bonds. The molecular weight excluding hydrogens is 268 g/mol. The number of aromatic amines is 1. The van der Waals surface area contributed by atoms with E-state index < -0.39 is 0 Å². The molecule has 3 nitrogen and oxygen atoms in total. The highest BCUT2D eigenvalue weighted by Gasteiger charge is 2.18. The fourth-order valence-corrected chi connectivity index (χ4v) is 2.94. The normalized spacial score (nSPS) is 12.7. The van der Waals surface area contributed by atoms with Gasteiger partial charge in [-0.2, -0.15) is 0 Å². The van der Waals surface area contributed by atoms with E-state index in [-0.39, 0.29) is 6.10 Å². The van der Waals surface area contributed by atoms with Crippen molar-refractivity contribution >= 4 is 12.2 Å². The molecule has 1 heterocycles. The Hall–Kier alpha value is -1.52. The Bertz CT molecular complexity index is 635. The third-order valence-corrected chi connectivity index (χ3v) is 3.65. The first-order valence-corrected chi connectivity index (χ1v) is 7.13. The van der Waals surface area contributed by atoms with E-state index in [0.717, 1.165) is 22.6 Å². The molecule has 0 aliphatic heterocycles. The molecule has 1 N–H and O–H groups in total. The number of nitrogens with one attached hydrogen (secondary N) is 1. The molecule has 1 aromatic carbocycles. The van der Waals surface area contributed by atoms with E-state index in [4.69, 9.17) is 17.0 Å². The summed E-state index contributed by atoms with van der Waals surface area (Å²) in [4.78, 5) is 7.88. The van der Waals surface area contributed by atoms with Gasteiger partial charge in [-0.05, 0) is 18.4 Å². The summed E-state index contributed by atoms with van der Waals surface area (Å²) >= 11 is 5.43. The van der Waals surface area contributed by atoms with Gasteiger partial charge < -0.3 is 9.72 Å². The molecule has 20 heavy (non-hydrogen) atoms. The van der Waals surface area contributed by atoms with Crippen LogP contribution in [0.3, 0.4) is 0 Å². The van der Waals surface area contributed by atoms with E-state index in [0.29, 0.717) is 10.6 Å². The monoisotopic (exact) mass is 288 g/mol. The molecule has 2 rings (SSSR count). The number of methoxy groups -OCH3 is 1. The molecule has 0 fully saturated rings. The van der Waals surface area contributed by atoms with Crippen LogP contribution in [0.15, 0.2) is 30.3 Å². The Balaban J connectivity index is 2.50. The van der Waals surface area contributed by atoms with Crippen LogP contribution in [0.5, 0.6) is 0 Å². The maximum absolute atomic E-state index is 5.59. The number of nitrogens with zero attached hydrogens (tertiary/aromatic N) is 1. The van der Waals surface area contributed by atoms with Gasteiger partial charge in [0.2, 0.25) is 0 Å². The Morgan fingerprint density at radius 1 is 1.20 bits per heavy atom. The lowest BCUT2D eigenvalue weighted by molar-refractivity contribution is 0.128. The SMILES string of the molecule is COC(c1ccccc1)c1nc(=S)c(C(C)C)c(C)[nH]1. The molecular formula is C16H20N2OS. The van der Waals surface area contributed by atoms with Gasteiger partial charge in [0.25, 0.3) is 0 Å². The van der Waals surface area contributed by atoms with Crippen molar-refractivity contribution in [1.29, 1.82) is 0 Å². The van der Waals surface area contributed by atoms with Crippen LogP contribution in [0.4, 0.5) is 0 Å². The second-order valence-electron chi connectivity index (χ2n) is 5.15. The number of aromatic nitrogens is 2. The highest BCUT2D eigenvalue weighted by atomic mass is 32.1. The largest absolute Gasteiger partial charge is 0.369 e. The van der Waals surface area contributed by atoms with Crippen LogP contribution in [0.2, 0.25) is 0 Å². The van der Waals surface area contributed by atoms with Crippen molar-refractivity contribution in [3.05, 3.63) is 57.6 Å². The molecule has 0 radical (unpaired) electrons. The molecule has 0 aliphatic rings. The van der Waals surface area contributed by atoms with Gasteiger partial charge in [-0.3, -0.25) is 0 Å². The van der Waals surface area contributed by atoms with E-state index >= 15 is 0 Å². The Labute approximate surface area is 125 Å². The summed E-state index contributed by atoms with van der Waals surface area (Å²) in [5, 5.41) is 0. The number of hydrogen-bond donors (Lipinski definition) is 1. The van der Waals surface area contributed by atoms with E-state index in [1.807, 2.05) is 37.3 Å². The molecule has 1 aromatic heterocycles.